The van der Waals surface area contributed by atoms with Crippen molar-refractivity contribution in [3.8, 4) is 6.01 Å². The van der Waals surface area contributed by atoms with Crippen LogP contribution >= 0.6 is 0 Å². The normalized spacial score (nSPS) is 16.7. The Bertz CT molecular complexity index is 802. The Hall–Kier alpha value is -3.22. The van der Waals surface area contributed by atoms with E-state index in [2.05, 4.69) is 15.3 Å². The number of ether oxygens (including phenoxy) is 1. The fourth-order valence-corrected chi connectivity index (χ4v) is 2.43. The minimum Gasteiger partial charge on any atom is -0.467 e. The second kappa shape index (κ2) is 6.49. The lowest BCUT2D eigenvalue weighted by Gasteiger charge is -2.33. The molecule has 0 aliphatic carbocycles. The third kappa shape index (κ3) is 2.96. The third-order valence-corrected chi connectivity index (χ3v) is 3.67. The van der Waals surface area contributed by atoms with Crippen LogP contribution in [0.3, 0.4) is 0 Å². The first-order chi connectivity index (χ1) is 11.6. The molecule has 1 N–H and O–H groups in total. The van der Waals surface area contributed by atoms with Crippen LogP contribution in [0.25, 0.3) is 6.08 Å². The van der Waals surface area contributed by atoms with Gasteiger partial charge < -0.3 is 10.1 Å². The monoisotopic (exact) mass is 324 g/mol. The van der Waals surface area contributed by atoms with Gasteiger partial charge in [-0.05, 0) is 25.1 Å². The fourth-order valence-electron chi connectivity index (χ4n) is 2.43. The molecule has 1 aromatic carbocycles. The maximum atomic E-state index is 12.6. The summed E-state index contributed by atoms with van der Waals surface area (Å²) in [5.74, 6) is -0.510. The van der Waals surface area contributed by atoms with Crippen LogP contribution in [0.4, 0.5) is 11.4 Å². The van der Waals surface area contributed by atoms with Crippen LogP contribution in [0.15, 0.2) is 42.7 Å². The summed E-state index contributed by atoms with van der Waals surface area (Å²) < 4.78 is 4.89. The number of nitrogens with zero attached hydrogens (tertiary/aromatic N) is 3. The van der Waals surface area contributed by atoms with E-state index in [0.29, 0.717) is 16.9 Å². The summed E-state index contributed by atoms with van der Waals surface area (Å²) in [6.45, 7) is 1.69. The molecular formula is C17H16N4O3. The summed E-state index contributed by atoms with van der Waals surface area (Å²) >= 11 is 0. The van der Waals surface area contributed by atoms with Gasteiger partial charge in [0.15, 0.2) is 0 Å². The number of aromatic nitrogens is 2. The molecule has 7 heteroatoms. The molecule has 1 atom stereocenters. The molecule has 0 fully saturated rings. The number of hydrogen-bond acceptors (Lipinski definition) is 5. The summed E-state index contributed by atoms with van der Waals surface area (Å²) in [7, 11) is 1.48. The summed E-state index contributed by atoms with van der Waals surface area (Å²) in [5.41, 5.74) is 1.95. The lowest BCUT2D eigenvalue weighted by Crippen LogP contribution is -2.48. The number of benzene rings is 1. The van der Waals surface area contributed by atoms with Crippen LogP contribution in [-0.4, -0.2) is 34.9 Å². The maximum absolute atomic E-state index is 12.6. The first kappa shape index (κ1) is 15.7. The Labute approximate surface area is 139 Å². The molecule has 0 saturated carbocycles. The van der Waals surface area contributed by atoms with Crippen molar-refractivity contribution in [2.75, 3.05) is 17.3 Å². The smallest absolute Gasteiger partial charge is 0.316 e. The van der Waals surface area contributed by atoms with Gasteiger partial charge in [-0.2, -0.15) is 0 Å². The van der Waals surface area contributed by atoms with E-state index in [0.717, 1.165) is 0 Å². The van der Waals surface area contributed by atoms with Crippen molar-refractivity contribution in [1.29, 1.82) is 0 Å². The van der Waals surface area contributed by atoms with Crippen molar-refractivity contribution < 1.29 is 14.3 Å². The predicted octanol–water partition coefficient (Wildman–Crippen LogP) is 1.87. The van der Waals surface area contributed by atoms with Gasteiger partial charge in [-0.3, -0.25) is 14.5 Å². The standard InChI is InChI=1S/C17H16N4O3/c1-11-16(23)20-13-5-3-4-6-14(13)21(11)15(22)8-7-12-9-18-17(24-2)19-10-12/h3-11H,1-2H3,(H,20,23)/b8-7+. The molecule has 24 heavy (non-hydrogen) atoms. The lowest BCUT2D eigenvalue weighted by molar-refractivity contribution is -0.121. The van der Waals surface area contributed by atoms with Gasteiger partial charge in [0.2, 0.25) is 5.91 Å². The minimum absolute atomic E-state index is 0.219. The van der Waals surface area contributed by atoms with Crippen molar-refractivity contribution in [2.45, 2.75) is 13.0 Å². The molecular weight excluding hydrogens is 308 g/mol. The highest BCUT2D eigenvalue weighted by molar-refractivity contribution is 6.15. The van der Waals surface area contributed by atoms with E-state index in [-0.39, 0.29) is 17.8 Å². The van der Waals surface area contributed by atoms with Gasteiger partial charge in [-0.1, -0.05) is 12.1 Å². The number of fused-ring (bicyclic) bond motifs is 1. The highest BCUT2D eigenvalue weighted by Crippen LogP contribution is 2.31. The number of anilines is 2. The number of carbonyl (C=O) groups is 2. The first-order valence-electron chi connectivity index (χ1n) is 7.37. The van der Waals surface area contributed by atoms with E-state index >= 15 is 0 Å². The van der Waals surface area contributed by atoms with E-state index in [1.807, 2.05) is 12.1 Å². The first-order valence-corrected chi connectivity index (χ1v) is 7.37. The van der Waals surface area contributed by atoms with Crippen LogP contribution in [0.1, 0.15) is 12.5 Å². The van der Waals surface area contributed by atoms with Crippen LogP contribution in [0, 0.1) is 0 Å². The molecule has 0 bridgehead atoms. The van der Waals surface area contributed by atoms with E-state index in [9.17, 15) is 9.59 Å². The number of carbonyl (C=O) groups excluding carboxylic acids is 2. The Kier molecular flexibility index (Phi) is 4.24. The zero-order chi connectivity index (χ0) is 17.1. The minimum atomic E-state index is -0.593. The summed E-state index contributed by atoms with van der Waals surface area (Å²) in [6.07, 6.45) is 6.10. The highest BCUT2D eigenvalue weighted by Gasteiger charge is 2.32. The number of amides is 2. The average Bonchev–Trinajstić information content (AvgIpc) is 2.61. The van der Waals surface area contributed by atoms with Gasteiger partial charge >= 0.3 is 6.01 Å². The number of methoxy groups -OCH3 is 1. The second-order valence-electron chi connectivity index (χ2n) is 5.23. The van der Waals surface area contributed by atoms with E-state index in [4.69, 9.17) is 4.74 Å². The van der Waals surface area contributed by atoms with Crippen molar-refractivity contribution >= 4 is 29.3 Å². The zero-order valence-corrected chi connectivity index (χ0v) is 13.3. The SMILES string of the molecule is COc1ncc(/C=C/C(=O)N2c3ccccc3NC(=O)C2C)cn1. The quantitative estimate of drug-likeness (QED) is 0.871. The number of rotatable bonds is 3. The topological polar surface area (TPSA) is 84.4 Å². The number of para-hydroxylation sites is 2. The summed E-state index contributed by atoms with van der Waals surface area (Å²) in [6, 6.07) is 6.86. The van der Waals surface area contributed by atoms with Crippen molar-refractivity contribution in [1.82, 2.24) is 9.97 Å². The molecule has 2 heterocycles. The van der Waals surface area contributed by atoms with Gasteiger partial charge in [0.25, 0.3) is 5.91 Å². The van der Waals surface area contributed by atoms with Gasteiger partial charge in [0.05, 0.1) is 18.5 Å². The van der Waals surface area contributed by atoms with Crippen molar-refractivity contribution in [3.63, 3.8) is 0 Å². The van der Waals surface area contributed by atoms with Crippen LogP contribution in [0.5, 0.6) is 6.01 Å². The Balaban J connectivity index is 1.85. The van der Waals surface area contributed by atoms with E-state index in [1.54, 1.807) is 37.5 Å². The molecule has 1 aliphatic rings. The summed E-state index contributed by atoms with van der Waals surface area (Å²) in [5, 5.41) is 2.79. The van der Waals surface area contributed by atoms with Gasteiger partial charge in [0, 0.05) is 24.0 Å². The van der Waals surface area contributed by atoms with Crippen LogP contribution in [-0.2, 0) is 9.59 Å². The largest absolute Gasteiger partial charge is 0.467 e. The molecule has 122 valence electrons. The Morgan fingerprint density at radius 3 is 2.71 bits per heavy atom. The Morgan fingerprint density at radius 1 is 1.29 bits per heavy atom. The molecule has 3 rings (SSSR count). The molecule has 7 nitrogen and oxygen atoms in total. The summed E-state index contributed by atoms with van der Waals surface area (Å²) in [4.78, 5) is 34.1. The molecule has 1 aliphatic heterocycles. The van der Waals surface area contributed by atoms with Gasteiger partial charge in [0.1, 0.15) is 6.04 Å². The maximum Gasteiger partial charge on any atom is 0.316 e. The average molecular weight is 324 g/mol. The van der Waals surface area contributed by atoms with Crippen molar-refractivity contribution in [3.05, 3.63) is 48.3 Å². The molecule has 0 saturated heterocycles. The van der Waals surface area contributed by atoms with Crippen LogP contribution < -0.4 is 15.0 Å². The molecule has 2 aromatic rings. The zero-order valence-electron chi connectivity index (χ0n) is 13.3. The lowest BCUT2D eigenvalue weighted by atomic mass is 10.1. The molecule has 1 unspecified atom stereocenters. The highest BCUT2D eigenvalue weighted by atomic mass is 16.5. The third-order valence-electron chi connectivity index (χ3n) is 3.67. The van der Waals surface area contributed by atoms with E-state index < -0.39 is 6.04 Å². The molecule has 0 radical (unpaired) electrons. The fraction of sp³-hybridized carbons (Fsp3) is 0.176. The molecule has 1 aromatic heterocycles. The van der Waals surface area contributed by atoms with Crippen LogP contribution in [0.2, 0.25) is 0 Å². The van der Waals surface area contributed by atoms with Gasteiger partial charge in [-0.25, -0.2) is 9.97 Å². The predicted molar refractivity (Wildman–Crippen MR) is 89.6 cm³/mol. The number of nitrogens with one attached hydrogen (secondary N) is 1. The van der Waals surface area contributed by atoms with Gasteiger partial charge in [-0.15, -0.1) is 0 Å². The molecule has 0 spiro atoms. The van der Waals surface area contributed by atoms with Crippen molar-refractivity contribution in [2.24, 2.45) is 0 Å². The Morgan fingerprint density at radius 2 is 2.00 bits per heavy atom. The number of hydrogen-bond donors (Lipinski definition) is 1. The molecule has 2 amide bonds. The van der Waals surface area contributed by atoms with E-state index in [1.165, 1.54) is 18.1 Å². The second-order valence-corrected chi connectivity index (χ2v) is 5.23.